The van der Waals surface area contributed by atoms with Crippen LogP contribution in [0.2, 0.25) is 0 Å². The van der Waals surface area contributed by atoms with Gasteiger partial charge in [0.05, 0.1) is 11.3 Å². The van der Waals surface area contributed by atoms with Gasteiger partial charge in [0.25, 0.3) is 0 Å². The maximum atomic E-state index is 9.15. The van der Waals surface area contributed by atoms with Gasteiger partial charge in [-0.05, 0) is 28.1 Å². The molecule has 0 aliphatic rings. The molecule has 4 heteroatoms. The van der Waals surface area contributed by atoms with Gasteiger partial charge in [-0.2, -0.15) is 5.26 Å². The Labute approximate surface area is 102 Å². The standard InChI is InChI=1S/C12H10BrN3/c1-2-12-15-6-7-16(12)11-5-3-4-10(13)9(11)8-14/h3-7H,2H2,1H3. The Hall–Kier alpha value is -1.60. The summed E-state index contributed by atoms with van der Waals surface area (Å²) >= 11 is 3.38. The third-order valence-electron chi connectivity index (χ3n) is 2.40. The lowest BCUT2D eigenvalue weighted by Crippen LogP contribution is -2.01. The summed E-state index contributed by atoms with van der Waals surface area (Å²) in [6, 6.07) is 7.91. The maximum Gasteiger partial charge on any atom is 0.112 e. The molecule has 0 bridgehead atoms. The minimum atomic E-state index is 0.634. The van der Waals surface area contributed by atoms with E-state index in [1.165, 1.54) is 0 Å². The van der Waals surface area contributed by atoms with Crippen molar-refractivity contribution in [2.45, 2.75) is 13.3 Å². The number of imidazole rings is 1. The molecule has 0 radical (unpaired) electrons. The number of rotatable bonds is 2. The highest BCUT2D eigenvalue weighted by Crippen LogP contribution is 2.23. The van der Waals surface area contributed by atoms with E-state index in [0.717, 1.165) is 22.4 Å². The van der Waals surface area contributed by atoms with Crippen LogP contribution in [-0.4, -0.2) is 9.55 Å². The van der Waals surface area contributed by atoms with Gasteiger partial charge in [0.1, 0.15) is 11.9 Å². The van der Waals surface area contributed by atoms with E-state index in [4.69, 9.17) is 5.26 Å². The zero-order valence-electron chi connectivity index (χ0n) is 8.81. The molecule has 0 saturated heterocycles. The molecule has 0 N–H and O–H groups in total. The molecule has 0 atom stereocenters. The Morgan fingerprint density at radius 2 is 2.31 bits per heavy atom. The number of aryl methyl sites for hydroxylation is 1. The highest BCUT2D eigenvalue weighted by atomic mass is 79.9. The van der Waals surface area contributed by atoms with Gasteiger partial charge in [-0.15, -0.1) is 0 Å². The first kappa shape index (κ1) is 10.9. The molecule has 0 amide bonds. The Morgan fingerprint density at radius 3 is 3.00 bits per heavy atom. The first-order chi connectivity index (χ1) is 7.77. The Morgan fingerprint density at radius 1 is 1.50 bits per heavy atom. The van der Waals surface area contributed by atoms with Crippen LogP contribution in [0.25, 0.3) is 5.69 Å². The van der Waals surface area contributed by atoms with Gasteiger partial charge >= 0.3 is 0 Å². The summed E-state index contributed by atoms with van der Waals surface area (Å²) < 4.78 is 2.76. The highest BCUT2D eigenvalue weighted by molar-refractivity contribution is 9.10. The van der Waals surface area contributed by atoms with Crippen molar-refractivity contribution in [2.75, 3.05) is 0 Å². The van der Waals surface area contributed by atoms with E-state index in [0.29, 0.717) is 5.56 Å². The lowest BCUT2D eigenvalue weighted by molar-refractivity contribution is 0.888. The van der Waals surface area contributed by atoms with E-state index in [1.807, 2.05) is 35.9 Å². The third kappa shape index (κ3) is 1.74. The molecule has 0 aliphatic heterocycles. The first-order valence-electron chi connectivity index (χ1n) is 4.99. The Kier molecular flexibility index (Phi) is 3.07. The zero-order valence-corrected chi connectivity index (χ0v) is 10.4. The van der Waals surface area contributed by atoms with E-state index in [-0.39, 0.29) is 0 Å². The summed E-state index contributed by atoms with van der Waals surface area (Å²) in [6.07, 6.45) is 4.47. The number of aromatic nitrogens is 2. The Balaban J connectivity index is 2.66. The van der Waals surface area contributed by atoms with Crippen molar-refractivity contribution in [2.24, 2.45) is 0 Å². The lowest BCUT2D eigenvalue weighted by atomic mass is 10.2. The van der Waals surface area contributed by atoms with Crippen LogP contribution >= 0.6 is 15.9 Å². The fraction of sp³-hybridized carbons (Fsp3) is 0.167. The smallest absolute Gasteiger partial charge is 0.112 e. The van der Waals surface area contributed by atoms with Crippen molar-refractivity contribution in [3.63, 3.8) is 0 Å². The fourth-order valence-corrected chi connectivity index (χ4v) is 2.08. The van der Waals surface area contributed by atoms with Crippen LogP contribution in [0.5, 0.6) is 0 Å². The van der Waals surface area contributed by atoms with Gasteiger partial charge in [0, 0.05) is 23.3 Å². The van der Waals surface area contributed by atoms with Crippen molar-refractivity contribution >= 4 is 15.9 Å². The molecule has 1 aromatic carbocycles. The molecule has 0 aliphatic carbocycles. The minimum Gasteiger partial charge on any atom is -0.302 e. The number of hydrogen-bond donors (Lipinski definition) is 0. The highest BCUT2D eigenvalue weighted by Gasteiger charge is 2.10. The maximum absolute atomic E-state index is 9.15. The molecule has 1 aromatic heterocycles. The van der Waals surface area contributed by atoms with Crippen LogP contribution in [0, 0.1) is 11.3 Å². The number of nitriles is 1. The minimum absolute atomic E-state index is 0.634. The topological polar surface area (TPSA) is 41.6 Å². The predicted molar refractivity (Wildman–Crippen MR) is 65.4 cm³/mol. The number of hydrogen-bond acceptors (Lipinski definition) is 2. The van der Waals surface area contributed by atoms with E-state index in [2.05, 4.69) is 27.0 Å². The van der Waals surface area contributed by atoms with Crippen LogP contribution in [0.15, 0.2) is 35.1 Å². The molecule has 0 saturated carbocycles. The third-order valence-corrected chi connectivity index (χ3v) is 3.06. The second-order valence-corrected chi connectivity index (χ2v) is 4.17. The largest absolute Gasteiger partial charge is 0.302 e. The zero-order chi connectivity index (χ0) is 11.5. The van der Waals surface area contributed by atoms with Gasteiger partial charge in [-0.3, -0.25) is 0 Å². The van der Waals surface area contributed by atoms with Crippen LogP contribution in [0.1, 0.15) is 18.3 Å². The van der Waals surface area contributed by atoms with Crippen molar-refractivity contribution in [1.82, 2.24) is 9.55 Å². The summed E-state index contributed by atoms with van der Waals surface area (Å²) in [5, 5.41) is 9.15. The van der Waals surface area contributed by atoms with Crippen LogP contribution in [0.3, 0.4) is 0 Å². The second-order valence-electron chi connectivity index (χ2n) is 3.31. The molecular weight excluding hydrogens is 266 g/mol. The normalized spacial score (nSPS) is 10.1. The lowest BCUT2D eigenvalue weighted by Gasteiger charge is -2.09. The Bertz CT molecular complexity index is 552. The van der Waals surface area contributed by atoms with E-state index < -0.39 is 0 Å². The number of halogens is 1. The molecular formula is C12H10BrN3. The van der Waals surface area contributed by atoms with E-state index in [1.54, 1.807) is 6.20 Å². The summed E-state index contributed by atoms with van der Waals surface area (Å²) in [4.78, 5) is 4.25. The van der Waals surface area contributed by atoms with Crippen molar-refractivity contribution in [3.8, 4) is 11.8 Å². The van der Waals surface area contributed by atoms with E-state index in [9.17, 15) is 0 Å². The van der Waals surface area contributed by atoms with Gasteiger partial charge in [0.2, 0.25) is 0 Å². The summed E-state index contributed by atoms with van der Waals surface area (Å²) in [6.45, 7) is 2.04. The molecule has 1 heterocycles. The van der Waals surface area contributed by atoms with Gasteiger partial charge in [0.15, 0.2) is 0 Å². The fourth-order valence-electron chi connectivity index (χ4n) is 1.64. The van der Waals surface area contributed by atoms with Gasteiger partial charge in [-0.25, -0.2) is 4.98 Å². The second kappa shape index (κ2) is 4.50. The SMILES string of the molecule is CCc1nccn1-c1cccc(Br)c1C#N. The predicted octanol–water partition coefficient (Wildman–Crippen LogP) is 3.07. The average molecular weight is 276 g/mol. The quantitative estimate of drug-likeness (QED) is 0.845. The molecule has 16 heavy (non-hydrogen) atoms. The summed E-state index contributed by atoms with van der Waals surface area (Å²) in [7, 11) is 0. The first-order valence-corrected chi connectivity index (χ1v) is 5.78. The van der Waals surface area contributed by atoms with Crippen LogP contribution in [0.4, 0.5) is 0 Å². The summed E-state index contributed by atoms with van der Waals surface area (Å²) in [5.41, 5.74) is 1.50. The molecule has 2 aromatic rings. The molecule has 0 unspecified atom stereocenters. The van der Waals surface area contributed by atoms with Crippen molar-refractivity contribution < 1.29 is 0 Å². The monoisotopic (exact) mass is 275 g/mol. The summed E-state index contributed by atoms with van der Waals surface area (Å²) in [5.74, 6) is 0.953. The molecule has 0 fully saturated rings. The molecule has 80 valence electrons. The van der Waals surface area contributed by atoms with Crippen molar-refractivity contribution in [3.05, 3.63) is 46.5 Å². The van der Waals surface area contributed by atoms with Crippen LogP contribution < -0.4 is 0 Å². The molecule has 3 nitrogen and oxygen atoms in total. The average Bonchev–Trinajstić information content (AvgIpc) is 2.76. The number of benzene rings is 1. The van der Waals surface area contributed by atoms with E-state index >= 15 is 0 Å². The van der Waals surface area contributed by atoms with Gasteiger partial charge in [-0.1, -0.05) is 13.0 Å². The molecule has 2 rings (SSSR count). The molecule has 0 spiro atoms. The van der Waals surface area contributed by atoms with Crippen LogP contribution in [-0.2, 0) is 6.42 Å². The van der Waals surface area contributed by atoms with Crippen molar-refractivity contribution in [1.29, 1.82) is 5.26 Å². The number of nitrogens with zero attached hydrogens (tertiary/aromatic N) is 3. The van der Waals surface area contributed by atoms with Gasteiger partial charge < -0.3 is 4.57 Å².